The maximum Gasteiger partial charge on any atom is 0.416 e. The molecule has 1 heterocycles. The smallest absolute Gasteiger partial charge is 0.382 e. The molecule has 146 valence electrons. The molecular formula is C18H25F3N2O3. The van der Waals surface area contributed by atoms with Crippen LogP contribution in [0.4, 0.5) is 13.2 Å². The predicted octanol–water partition coefficient (Wildman–Crippen LogP) is 2.40. The van der Waals surface area contributed by atoms with Gasteiger partial charge in [0.2, 0.25) is 5.91 Å². The third kappa shape index (κ3) is 6.59. The Morgan fingerprint density at radius 1 is 1.08 bits per heavy atom. The van der Waals surface area contributed by atoms with Crippen LogP contribution >= 0.6 is 0 Å². The van der Waals surface area contributed by atoms with Gasteiger partial charge >= 0.3 is 6.18 Å². The third-order valence-corrected chi connectivity index (χ3v) is 4.29. The topological polar surface area (TPSA) is 42.0 Å². The van der Waals surface area contributed by atoms with Crippen LogP contribution in [0.25, 0.3) is 0 Å². The van der Waals surface area contributed by atoms with E-state index in [1.165, 1.54) is 12.1 Å². The van der Waals surface area contributed by atoms with Crippen molar-refractivity contribution < 1.29 is 27.4 Å². The average Bonchev–Trinajstić information content (AvgIpc) is 2.84. The van der Waals surface area contributed by atoms with Crippen LogP contribution in [-0.4, -0.2) is 68.8 Å². The molecule has 0 bridgehead atoms. The Hall–Kier alpha value is -1.64. The lowest BCUT2D eigenvalue weighted by molar-refractivity contribution is -0.138. The molecule has 0 spiro atoms. The van der Waals surface area contributed by atoms with E-state index in [0.29, 0.717) is 39.4 Å². The number of halogens is 3. The highest BCUT2D eigenvalue weighted by Gasteiger charge is 2.30. The number of alkyl halides is 3. The molecule has 1 fully saturated rings. The van der Waals surface area contributed by atoms with Gasteiger partial charge in [0.05, 0.1) is 18.8 Å². The molecule has 1 aliphatic heterocycles. The van der Waals surface area contributed by atoms with Crippen molar-refractivity contribution in [3.05, 3.63) is 35.4 Å². The molecule has 1 aromatic rings. The number of hydrogen-bond acceptors (Lipinski definition) is 4. The molecular weight excluding hydrogens is 349 g/mol. The summed E-state index contributed by atoms with van der Waals surface area (Å²) in [5, 5.41) is 0. The van der Waals surface area contributed by atoms with Crippen LogP contribution in [0.1, 0.15) is 17.5 Å². The fourth-order valence-corrected chi connectivity index (χ4v) is 2.83. The van der Waals surface area contributed by atoms with Crippen molar-refractivity contribution in [2.75, 3.05) is 53.1 Å². The number of ether oxygens (including phenoxy) is 2. The second kappa shape index (κ2) is 9.89. The van der Waals surface area contributed by atoms with E-state index >= 15 is 0 Å². The predicted molar refractivity (Wildman–Crippen MR) is 90.6 cm³/mol. The van der Waals surface area contributed by atoms with E-state index in [1.54, 1.807) is 12.0 Å². The Labute approximate surface area is 151 Å². The van der Waals surface area contributed by atoms with Crippen molar-refractivity contribution in [3.63, 3.8) is 0 Å². The Morgan fingerprint density at radius 3 is 2.46 bits per heavy atom. The van der Waals surface area contributed by atoms with E-state index in [9.17, 15) is 18.0 Å². The van der Waals surface area contributed by atoms with Crippen LogP contribution in [0.15, 0.2) is 24.3 Å². The Bertz CT molecular complexity index is 564. The SMILES string of the molecule is COCCOCC(=O)N1CCCN(Cc2ccc(C(F)(F)F)cc2)CC1. The number of hydrogen-bond donors (Lipinski definition) is 0. The quantitative estimate of drug-likeness (QED) is 0.688. The van der Waals surface area contributed by atoms with Crippen molar-refractivity contribution in [1.29, 1.82) is 0 Å². The first-order valence-corrected chi connectivity index (χ1v) is 8.63. The van der Waals surface area contributed by atoms with Gasteiger partial charge < -0.3 is 14.4 Å². The average molecular weight is 374 g/mol. The molecule has 1 amide bonds. The summed E-state index contributed by atoms with van der Waals surface area (Å²) in [4.78, 5) is 16.1. The second-order valence-corrected chi connectivity index (χ2v) is 6.25. The summed E-state index contributed by atoms with van der Waals surface area (Å²) in [6, 6.07) is 5.25. The van der Waals surface area contributed by atoms with Gasteiger partial charge in [0, 0.05) is 39.8 Å². The zero-order valence-corrected chi connectivity index (χ0v) is 14.9. The Kier molecular flexibility index (Phi) is 7.86. The summed E-state index contributed by atoms with van der Waals surface area (Å²) < 4.78 is 48.0. The van der Waals surface area contributed by atoms with Gasteiger partial charge in [-0.25, -0.2) is 0 Å². The van der Waals surface area contributed by atoms with Crippen molar-refractivity contribution in [2.24, 2.45) is 0 Å². The van der Waals surface area contributed by atoms with E-state index in [4.69, 9.17) is 9.47 Å². The van der Waals surface area contributed by atoms with E-state index in [1.807, 2.05) is 0 Å². The normalized spacial score (nSPS) is 16.5. The summed E-state index contributed by atoms with van der Waals surface area (Å²) in [5.74, 6) is -0.0440. The molecule has 0 saturated carbocycles. The molecule has 1 aliphatic rings. The van der Waals surface area contributed by atoms with Crippen LogP contribution < -0.4 is 0 Å². The van der Waals surface area contributed by atoms with Gasteiger partial charge in [-0.05, 0) is 24.1 Å². The third-order valence-electron chi connectivity index (χ3n) is 4.29. The van der Waals surface area contributed by atoms with Gasteiger partial charge in [0.15, 0.2) is 0 Å². The molecule has 1 saturated heterocycles. The molecule has 0 atom stereocenters. The van der Waals surface area contributed by atoms with Crippen LogP contribution in [0.2, 0.25) is 0 Å². The highest BCUT2D eigenvalue weighted by atomic mass is 19.4. The summed E-state index contributed by atoms with van der Waals surface area (Å²) in [5.41, 5.74) is 0.197. The zero-order chi connectivity index (χ0) is 19.0. The largest absolute Gasteiger partial charge is 0.416 e. The molecule has 26 heavy (non-hydrogen) atoms. The Morgan fingerprint density at radius 2 is 1.81 bits per heavy atom. The van der Waals surface area contributed by atoms with Crippen molar-refractivity contribution in [2.45, 2.75) is 19.1 Å². The van der Waals surface area contributed by atoms with Crippen LogP contribution in [-0.2, 0) is 27.0 Å². The van der Waals surface area contributed by atoms with E-state index in [-0.39, 0.29) is 12.5 Å². The van der Waals surface area contributed by atoms with Gasteiger partial charge in [-0.3, -0.25) is 9.69 Å². The van der Waals surface area contributed by atoms with Crippen LogP contribution in [0, 0.1) is 0 Å². The molecule has 8 heteroatoms. The minimum absolute atomic E-state index is 0.0439. The number of amides is 1. The second-order valence-electron chi connectivity index (χ2n) is 6.25. The number of nitrogens with zero attached hydrogens (tertiary/aromatic N) is 2. The van der Waals surface area contributed by atoms with E-state index in [0.717, 1.165) is 30.7 Å². The molecule has 1 aromatic carbocycles. The molecule has 0 N–H and O–H groups in total. The molecule has 0 aromatic heterocycles. The van der Waals surface area contributed by atoms with Gasteiger partial charge in [0.1, 0.15) is 6.61 Å². The zero-order valence-electron chi connectivity index (χ0n) is 14.9. The Balaban J connectivity index is 1.80. The summed E-state index contributed by atoms with van der Waals surface area (Å²) in [6.45, 7) is 4.19. The molecule has 2 rings (SSSR count). The highest BCUT2D eigenvalue weighted by Crippen LogP contribution is 2.29. The maximum absolute atomic E-state index is 12.6. The monoisotopic (exact) mass is 374 g/mol. The first-order chi connectivity index (χ1) is 12.4. The first kappa shape index (κ1) is 20.7. The van der Waals surface area contributed by atoms with Crippen molar-refractivity contribution in [3.8, 4) is 0 Å². The summed E-state index contributed by atoms with van der Waals surface area (Å²) >= 11 is 0. The fraction of sp³-hybridized carbons (Fsp3) is 0.611. The molecule has 5 nitrogen and oxygen atoms in total. The lowest BCUT2D eigenvalue weighted by atomic mass is 10.1. The van der Waals surface area contributed by atoms with Crippen molar-refractivity contribution >= 4 is 5.91 Å². The van der Waals surface area contributed by atoms with Crippen LogP contribution in [0.3, 0.4) is 0 Å². The van der Waals surface area contributed by atoms with Gasteiger partial charge in [0.25, 0.3) is 0 Å². The van der Waals surface area contributed by atoms with Gasteiger partial charge in [-0.2, -0.15) is 13.2 Å². The fourth-order valence-electron chi connectivity index (χ4n) is 2.83. The maximum atomic E-state index is 12.6. The minimum atomic E-state index is -4.31. The van der Waals surface area contributed by atoms with Gasteiger partial charge in [-0.15, -0.1) is 0 Å². The first-order valence-electron chi connectivity index (χ1n) is 8.63. The molecule has 0 radical (unpaired) electrons. The van der Waals surface area contributed by atoms with E-state index in [2.05, 4.69) is 4.90 Å². The van der Waals surface area contributed by atoms with Gasteiger partial charge in [-0.1, -0.05) is 12.1 Å². The number of methoxy groups -OCH3 is 1. The van der Waals surface area contributed by atoms with Crippen LogP contribution in [0.5, 0.6) is 0 Å². The number of rotatable bonds is 7. The highest BCUT2D eigenvalue weighted by molar-refractivity contribution is 5.77. The summed E-state index contributed by atoms with van der Waals surface area (Å²) in [7, 11) is 1.57. The molecule has 0 aliphatic carbocycles. The molecule has 0 unspecified atom stereocenters. The number of carbonyl (C=O) groups is 1. The number of benzene rings is 1. The number of carbonyl (C=O) groups excluding carboxylic acids is 1. The lowest BCUT2D eigenvalue weighted by Crippen LogP contribution is -2.37. The summed E-state index contributed by atoms with van der Waals surface area (Å²) in [6.07, 6.45) is -3.49. The van der Waals surface area contributed by atoms with Crippen molar-refractivity contribution in [1.82, 2.24) is 9.80 Å². The standard InChI is InChI=1S/C18H25F3N2O3/c1-25-11-12-26-14-17(24)23-8-2-7-22(9-10-23)13-15-3-5-16(6-4-15)18(19,20)21/h3-6H,2,7-14H2,1H3. The van der Waals surface area contributed by atoms with E-state index < -0.39 is 11.7 Å². The minimum Gasteiger partial charge on any atom is -0.382 e. The lowest BCUT2D eigenvalue weighted by Gasteiger charge is -2.22.